The Bertz CT molecular complexity index is 400. The summed E-state index contributed by atoms with van der Waals surface area (Å²) < 4.78 is 5.43. The molecular formula is C15H23ClN2O2. The van der Waals surface area contributed by atoms with Gasteiger partial charge in [0.1, 0.15) is 5.75 Å². The second-order valence-corrected chi connectivity index (χ2v) is 5.06. The third-order valence-corrected chi connectivity index (χ3v) is 3.67. The Morgan fingerprint density at radius 3 is 2.65 bits per heavy atom. The number of rotatable bonds is 5. The molecule has 0 bridgehead atoms. The van der Waals surface area contributed by atoms with Gasteiger partial charge in [-0.25, -0.2) is 0 Å². The molecule has 1 fully saturated rings. The van der Waals surface area contributed by atoms with Crippen LogP contribution in [0.15, 0.2) is 30.3 Å². The molecule has 0 aliphatic heterocycles. The molecule has 1 amide bonds. The number of carbonyl (C=O) groups is 1. The smallest absolute Gasteiger partial charge is 0.258 e. The van der Waals surface area contributed by atoms with E-state index in [-0.39, 0.29) is 31.0 Å². The second-order valence-electron chi connectivity index (χ2n) is 5.06. The van der Waals surface area contributed by atoms with Crippen molar-refractivity contribution >= 4 is 18.3 Å². The first-order chi connectivity index (χ1) is 9.29. The summed E-state index contributed by atoms with van der Waals surface area (Å²) in [5, 5.41) is 3.05. The number of amides is 1. The van der Waals surface area contributed by atoms with Crippen LogP contribution in [0.3, 0.4) is 0 Å². The van der Waals surface area contributed by atoms with Crippen LogP contribution in [0.5, 0.6) is 5.75 Å². The predicted molar refractivity (Wildman–Crippen MR) is 82.1 cm³/mol. The van der Waals surface area contributed by atoms with E-state index in [1.54, 1.807) is 0 Å². The summed E-state index contributed by atoms with van der Waals surface area (Å²) in [6, 6.07) is 9.59. The van der Waals surface area contributed by atoms with Gasteiger partial charge in [0, 0.05) is 6.04 Å². The fourth-order valence-corrected chi connectivity index (χ4v) is 2.59. The van der Waals surface area contributed by atoms with Gasteiger partial charge in [0.25, 0.3) is 5.91 Å². The van der Waals surface area contributed by atoms with Crippen LogP contribution in [-0.2, 0) is 4.79 Å². The van der Waals surface area contributed by atoms with E-state index in [0.717, 1.165) is 18.6 Å². The zero-order valence-corrected chi connectivity index (χ0v) is 12.4. The van der Waals surface area contributed by atoms with Gasteiger partial charge in [-0.15, -0.1) is 12.4 Å². The quantitative estimate of drug-likeness (QED) is 0.875. The van der Waals surface area contributed by atoms with Crippen molar-refractivity contribution in [2.75, 3.05) is 13.2 Å². The molecule has 5 heteroatoms. The second kappa shape index (κ2) is 8.82. The number of halogens is 1. The molecule has 1 saturated carbocycles. The highest BCUT2D eigenvalue weighted by molar-refractivity contribution is 5.85. The van der Waals surface area contributed by atoms with Crippen LogP contribution >= 0.6 is 12.4 Å². The van der Waals surface area contributed by atoms with Gasteiger partial charge in [0.2, 0.25) is 0 Å². The molecule has 0 heterocycles. The molecule has 4 nitrogen and oxygen atoms in total. The third-order valence-electron chi connectivity index (χ3n) is 3.67. The van der Waals surface area contributed by atoms with E-state index in [1.165, 1.54) is 12.8 Å². The van der Waals surface area contributed by atoms with Gasteiger partial charge in [0.15, 0.2) is 6.61 Å². The number of ether oxygens (including phenoxy) is 1. The van der Waals surface area contributed by atoms with Crippen LogP contribution in [0, 0.1) is 5.92 Å². The zero-order valence-electron chi connectivity index (χ0n) is 11.6. The maximum absolute atomic E-state index is 11.9. The summed E-state index contributed by atoms with van der Waals surface area (Å²) in [6.07, 6.45) is 4.52. The lowest BCUT2D eigenvalue weighted by atomic mass is 9.84. The molecule has 0 saturated heterocycles. The van der Waals surface area contributed by atoms with Gasteiger partial charge in [-0.1, -0.05) is 31.0 Å². The van der Waals surface area contributed by atoms with Crippen LogP contribution in [0.2, 0.25) is 0 Å². The number of nitrogens with one attached hydrogen (secondary N) is 1. The van der Waals surface area contributed by atoms with Crippen molar-refractivity contribution in [3.63, 3.8) is 0 Å². The lowest BCUT2D eigenvalue weighted by Gasteiger charge is -2.31. The standard InChI is InChI=1S/C15H22N2O2.ClH/c16-10-12-6-4-5-9-14(12)17-15(18)11-19-13-7-2-1-3-8-13;/h1-3,7-8,12,14H,4-6,9-11,16H2,(H,17,18);1H. The molecule has 2 atom stereocenters. The van der Waals surface area contributed by atoms with Crippen LogP contribution < -0.4 is 15.8 Å². The minimum atomic E-state index is -0.0609. The average Bonchev–Trinajstić information content (AvgIpc) is 2.47. The minimum Gasteiger partial charge on any atom is -0.484 e. The van der Waals surface area contributed by atoms with Crippen molar-refractivity contribution in [2.24, 2.45) is 11.7 Å². The van der Waals surface area contributed by atoms with Crippen LogP contribution in [-0.4, -0.2) is 25.1 Å². The summed E-state index contributed by atoms with van der Waals surface area (Å²) in [7, 11) is 0. The summed E-state index contributed by atoms with van der Waals surface area (Å²) in [6.45, 7) is 0.711. The number of hydrogen-bond donors (Lipinski definition) is 2. The van der Waals surface area contributed by atoms with E-state index in [0.29, 0.717) is 12.5 Å². The molecule has 1 aromatic rings. The molecular weight excluding hydrogens is 276 g/mol. The third kappa shape index (κ3) is 5.02. The van der Waals surface area contributed by atoms with Crippen LogP contribution in [0.25, 0.3) is 0 Å². The zero-order chi connectivity index (χ0) is 13.5. The molecule has 20 heavy (non-hydrogen) atoms. The van der Waals surface area contributed by atoms with E-state index < -0.39 is 0 Å². The molecule has 112 valence electrons. The highest BCUT2D eigenvalue weighted by atomic mass is 35.5. The van der Waals surface area contributed by atoms with Crippen molar-refractivity contribution in [1.82, 2.24) is 5.32 Å². The maximum atomic E-state index is 11.9. The summed E-state index contributed by atoms with van der Waals surface area (Å²) in [5.41, 5.74) is 5.75. The molecule has 2 rings (SSSR count). The highest BCUT2D eigenvalue weighted by Gasteiger charge is 2.25. The predicted octanol–water partition coefficient (Wildman–Crippen LogP) is 2.12. The van der Waals surface area contributed by atoms with Gasteiger partial charge in [-0.3, -0.25) is 4.79 Å². The molecule has 3 N–H and O–H groups in total. The topological polar surface area (TPSA) is 64.3 Å². The van der Waals surface area contributed by atoms with E-state index in [4.69, 9.17) is 10.5 Å². The molecule has 2 unspecified atom stereocenters. The lowest BCUT2D eigenvalue weighted by Crippen LogP contribution is -2.46. The van der Waals surface area contributed by atoms with E-state index in [1.807, 2.05) is 30.3 Å². The Kier molecular flexibility index (Phi) is 7.41. The number of hydrogen-bond acceptors (Lipinski definition) is 3. The molecule has 0 radical (unpaired) electrons. The summed E-state index contributed by atoms with van der Waals surface area (Å²) >= 11 is 0. The highest BCUT2D eigenvalue weighted by Crippen LogP contribution is 2.23. The van der Waals surface area contributed by atoms with E-state index >= 15 is 0 Å². The molecule has 1 aromatic carbocycles. The van der Waals surface area contributed by atoms with Crippen molar-refractivity contribution in [3.8, 4) is 5.75 Å². The van der Waals surface area contributed by atoms with E-state index in [9.17, 15) is 4.79 Å². The van der Waals surface area contributed by atoms with Gasteiger partial charge in [-0.2, -0.15) is 0 Å². The van der Waals surface area contributed by atoms with Crippen molar-refractivity contribution in [3.05, 3.63) is 30.3 Å². The monoisotopic (exact) mass is 298 g/mol. The summed E-state index contributed by atoms with van der Waals surface area (Å²) in [4.78, 5) is 11.9. The number of para-hydroxylation sites is 1. The maximum Gasteiger partial charge on any atom is 0.258 e. The molecule has 0 spiro atoms. The minimum absolute atomic E-state index is 0. The first kappa shape index (κ1) is 16.8. The van der Waals surface area contributed by atoms with Gasteiger partial charge in [0.05, 0.1) is 0 Å². The molecule has 1 aliphatic carbocycles. The molecule has 1 aliphatic rings. The van der Waals surface area contributed by atoms with Gasteiger partial charge >= 0.3 is 0 Å². The lowest BCUT2D eigenvalue weighted by molar-refractivity contribution is -0.124. The normalized spacial score (nSPS) is 21.6. The van der Waals surface area contributed by atoms with Gasteiger partial charge < -0.3 is 15.8 Å². The van der Waals surface area contributed by atoms with E-state index in [2.05, 4.69) is 5.32 Å². The average molecular weight is 299 g/mol. The van der Waals surface area contributed by atoms with Crippen molar-refractivity contribution < 1.29 is 9.53 Å². The Labute approximate surface area is 126 Å². The number of nitrogens with two attached hydrogens (primary N) is 1. The number of carbonyl (C=O) groups excluding carboxylic acids is 1. The summed E-state index contributed by atoms with van der Waals surface area (Å²) in [5.74, 6) is 1.07. The fourth-order valence-electron chi connectivity index (χ4n) is 2.59. The Balaban J connectivity index is 0.00000200. The Hall–Kier alpha value is -1.26. The van der Waals surface area contributed by atoms with Crippen molar-refractivity contribution in [2.45, 2.75) is 31.7 Å². The number of benzene rings is 1. The Morgan fingerprint density at radius 1 is 1.25 bits per heavy atom. The SMILES string of the molecule is Cl.NCC1CCCCC1NC(=O)COc1ccccc1. The first-order valence-electron chi connectivity index (χ1n) is 6.97. The first-order valence-corrected chi connectivity index (χ1v) is 6.97. The fraction of sp³-hybridized carbons (Fsp3) is 0.533. The van der Waals surface area contributed by atoms with Gasteiger partial charge in [-0.05, 0) is 37.4 Å². The molecule has 0 aromatic heterocycles. The van der Waals surface area contributed by atoms with Crippen LogP contribution in [0.1, 0.15) is 25.7 Å². The van der Waals surface area contributed by atoms with Crippen LogP contribution in [0.4, 0.5) is 0 Å². The largest absolute Gasteiger partial charge is 0.484 e. The Morgan fingerprint density at radius 2 is 1.95 bits per heavy atom. The van der Waals surface area contributed by atoms with Crippen molar-refractivity contribution in [1.29, 1.82) is 0 Å².